The number of rotatable bonds is 5. The summed E-state index contributed by atoms with van der Waals surface area (Å²) in [5, 5.41) is 3.56. The van der Waals surface area contributed by atoms with Gasteiger partial charge in [-0.1, -0.05) is 11.6 Å². The molecule has 3 nitrogen and oxygen atoms in total. The summed E-state index contributed by atoms with van der Waals surface area (Å²) in [6.07, 6.45) is 0. The lowest BCUT2D eigenvalue weighted by atomic mass is 10.0. The average molecular weight is 302 g/mol. The molecule has 0 radical (unpaired) electrons. The monoisotopic (exact) mass is 301 g/mol. The van der Waals surface area contributed by atoms with E-state index in [9.17, 15) is 0 Å². The molecule has 0 bridgehead atoms. The van der Waals surface area contributed by atoms with Gasteiger partial charge in [0, 0.05) is 49.7 Å². The first-order chi connectivity index (χ1) is 8.97. The first kappa shape index (κ1) is 15.3. The molecule has 1 aromatic rings. The lowest BCUT2D eigenvalue weighted by molar-refractivity contribution is 0.0618. The highest BCUT2D eigenvalue weighted by molar-refractivity contribution is 7.16. The zero-order valence-corrected chi connectivity index (χ0v) is 13.7. The normalized spacial score (nSPS) is 18.9. The van der Waals surface area contributed by atoms with Crippen LogP contribution in [0.1, 0.15) is 18.7 Å². The Balaban J connectivity index is 1.77. The predicted molar refractivity (Wildman–Crippen MR) is 84.2 cm³/mol. The van der Waals surface area contributed by atoms with Gasteiger partial charge in [-0.2, -0.15) is 0 Å². The Morgan fingerprint density at radius 3 is 2.53 bits per heavy atom. The molecule has 5 heteroatoms. The fourth-order valence-corrected chi connectivity index (χ4v) is 3.52. The summed E-state index contributed by atoms with van der Waals surface area (Å²) in [4.78, 5) is 6.29. The van der Waals surface area contributed by atoms with Crippen LogP contribution in [0.4, 0.5) is 0 Å². The van der Waals surface area contributed by atoms with Crippen LogP contribution in [-0.4, -0.2) is 55.1 Å². The van der Waals surface area contributed by atoms with Crippen molar-refractivity contribution in [2.45, 2.75) is 25.9 Å². The maximum Gasteiger partial charge on any atom is 0.0931 e. The van der Waals surface area contributed by atoms with Crippen LogP contribution in [0, 0.1) is 0 Å². The summed E-state index contributed by atoms with van der Waals surface area (Å²) in [5.41, 5.74) is 0.211. The third-order valence-electron chi connectivity index (χ3n) is 3.85. The first-order valence-corrected chi connectivity index (χ1v) is 8.05. The molecule has 0 aromatic carbocycles. The minimum Gasteiger partial charge on any atom is -0.310 e. The Hall–Kier alpha value is -0.130. The van der Waals surface area contributed by atoms with Crippen molar-refractivity contribution in [3.8, 4) is 0 Å². The Morgan fingerprint density at radius 2 is 1.95 bits per heavy atom. The number of likely N-dealkylation sites (N-methyl/N-ethyl adjacent to an activating group) is 1. The standard InChI is InChI=1S/C14H24ClN3S/c1-14(2,18-8-6-17(3)7-9-18)11-16-10-12-4-5-13(15)19-12/h4-5,16H,6-11H2,1-3H3. The van der Waals surface area contributed by atoms with Gasteiger partial charge in [0.2, 0.25) is 0 Å². The number of hydrogen-bond acceptors (Lipinski definition) is 4. The van der Waals surface area contributed by atoms with Crippen LogP contribution in [0.3, 0.4) is 0 Å². The van der Waals surface area contributed by atoms with Crippen molar-refractivity contribution in [3.63, 3.8) is 0 Å². The van der Waals surface area contributed by atoms with E-state index in [2.05, 4.69) is 42.1 Å². The molecule has 0 spiro atoms. The smallest absolute Gasteiger partial charge is 0.0931 e. The van der Waals surface area contributed by atoms with Crippen molar-refractivity contribution in [3.05, 3.63) is 21.3 Å². The van der Waals surface area contributed by atoms with Crippen LogP contribution in [0.5, 0.6) is 0 Å². The number of nitrogens with zero attached hydrogens (tertiary/aromatic N) is 2. The largest absolute Gasteiger partial charge is 0.310 e. The van der Waals surface area contributed by atoms with Gasteiger partial charge in [0.15, 0.2) is 0 Å². The average Bonchev–Trinajstić information content (AvgIpc) is 2.75. The summed E-state index contributed by atoms with van der Waals surface area (Å²) in [6.45, 7) is 11.2. The first-order valence-electron chi connectivity index (χ1n) is 6.86. The minimum absolute atomic E-state index is 0.211. The van der Waals surface area contributed by atoms with Crippen molar-refractivity contribution >= 4 is 22.9 Å². The van der Waals surface area contributed by atoms with Crippen LogP contribution in [0.25, 0.3) is 0 Å². The van der Waals surface area contributed by atoms with E-state index in [1.54, 1.807) is 11.3 Å². The van der Waals surface area contributed by atoms with Gasteiger partial charge in [-0.15, -0.1) is 11.3 Å². The molecular weight excluding hydrogens is 278 g/mol. The lowest BCUT2D eigenvalue weighted by Gasteiger charge is -2.43. The van der Waals surface area contributed by atoms with Crippen molar-refractivity contribution in [2.75, 3.05) is 39.8 Å². The quantitative estimate of drug-likeness (QED) is 0.901. The predicted octanol–water partition coefficient (Wildman–Crippen LogP) is 2.52. The van der Waals surface area contributed by atoms with Crippen LogP contribution in [-0.2, 0) is 6.54 Å². The highest BCUT2D eigenvalue weighted by Gasteiger charge is 2.28. The van der Waals surface area contributed by atoms with Gasteiger partial charge in [-0.25, -0.2) is 0 Å². The molecule has 1 fully saturated rings. The lowest BCUT2D eigenvalue weighted by Crippen LogP contribution is -2.57. The van der Waals surface area contributed by atoms with Crippen LogP contribution < -0.4 is 5.32 Å². The molecule has 0 aliphatic carbocycles. The number of piperazine rings is 1. The molecule has 0 unspecified atom stereocenters. The summed E-state index contributed by atoms with van der Waals surface area (Å²) < 4.78 is 0.870. The van der Waals surface area contributed by atoms with E-state index < -0.39 is 0 Å². The topological polar surface area (TPSA) is 18.5 Å². The molecule has 1 saturated heterocycles. The number of hydrogen-bond donors (Lipinski definition) is 1. The van der Waals surface area contributed by atoms with Crippen molar-refractivity contribution in [1.82, 2.24) is 15.1 Å². The Labute approximate surface area is 125 Å². The maximum atomic E-state index is 5.94. The van der Waals surface area contributed by atoms with Crippen molar-refractivity contribution in [1.29, 1.82) is 0 Å². The summed E-state index contributed by atoms with van der Waals surface area (Å²) in [7, 11) is 2.20. The fraction of sp³-hybridized carbons (Fsp3) is 0.714. The fourth-order valence-electron chi connectivity index (χ4n) is 2.46. The second-order valence-electron chi connectivity index (χ2n) is 5.91. The highest BCUT2D eigenvalue weighted by atomic mass is 35.5. The van der Waals surface area contributed by atoms with Gasteiger partial charge in [0.1, 0.15) is 0 Å². The Kier molecular flexibility index (Phi) is 5.26. The number of nitrogens with one attached hydrogen (secondary N) is 1. The molecule has 1 N–H and O–H groups in total. The number of thiophene rings is 1. The van der Waals surface area contributed by atoms with Gasteiger partial charge >= 0.3 is 0 Å². The minimum atomic E-state index is 0.211. The molecule has 108 valence electrons. The molecule has 1 aromatic heterocycles. The van der Waals surface area contributed by atoms with Crippen LogP contribution in [0.2, 0.25) is 4.34 Å². The second-order valence-corrected chi connectivity index (χ2v) is 7.71. The van der Waals surface area contributed by atoms with Crippen LogP contribution in [0.15, 0.2) is 12.1 Å². The van der Waals surface area contributed by atoms with Gasteiger partial charge in [-0.05, 0) is 33.0 Å². The molecule has 0 atom stereocenters. The third kappa shape index (κ3) is 4.43. The van der Waals surface area contributed by atoms with E-state index in [1.165, 1.54) is 18.0 Å². The van der Waals surface area contributed by atoms with Gasteiger partial charge in [0.05, 0.1) is 4.34 Å². The molecule has 1 aliphatic rings. The molecule has 2 heterocycles. The Morgan fingerprint density at radius 1 is 1.26 bits per heavy atom. The van der Waals surface area contributed by atoms with E-state index >= 15 is 0 Å². The van der Waals surface area contributed by atoms with Gasteiger partial charge < -0.3 is 10.2 Å². The second kappa shape index (κ2) is 6.55. The van der Waals surface area contributed by atoms with E-state index in [0.717, 1.165) is 30.5 Å². The zero-order chi connectivity index (χ0) is 13.9. The van der Waals surface area contributed by atoms with Gasteiger partial charge in [-0.3, -0.25) is 4.90 Å². The highest BCUT2D eigenvalue weighted by Crippen LogP contribution is 2.21. The third-order valence-corrected chi connectivity index (χ3v) is 5.08. The zero-order valence-electron chi connectivity index (χ0n) is 12.1. The molecule has 0 amide bonds. The summed E-state index contributed by atoms with van der Waals surface area (Å²) in [5.74, 6) is 0. The molecule has 19 heavy (non-hydrogen) atoms. The molecule has 0 saturated carbocycles. The van der Waals surface area contributed by atoms with E-state index in [-0.39, 0.29) is 5.54 Å². The summed E-state index contributed by atoms with van der Waals surface area (Å²) >= 11 is 7.60. The van der Waals surface area contributed by atoms with E-state index in [1.807, 2.05) is 6.07 Å². The molecular formula is C14H24ClN3S. The van der Waals surface area contributed by atoms with E-state index in [4.69, 9.17) is 11.6 Å². The van der Waals surface area contributed by atoms with E-state index in [0.29, 0.717) is 0 Å². The van der Waals surface area contributed by atoms with Gasteiger partial charge in [0.25, 0.3) is 0 Å². The van der Waals surface area contributed by atoms with Crippen molar-refractivity contribution in [2.24, 2.45) is 0 Å². The SMILES string of the molecule is CN1CCN(C(C)(C)CNCc2ccc(Cl)s2)CC1. The Bertz CT molecular complexity index is 397. The maximum absolute atomic E-state index is 5.94. The summed E-state index contributed by atoms with van der Waals surface area (Å²) in [6, 6.07) is 4.07. The van der Waals surface area contributed by atoms with Crippen LogP contribution >= 0.6 is 22.9 Å². The van der Waals surface area contributed by atoms with Crippen molar-refractivity contribution < 1.29 is 0 Å². The molecule has 1 aliphatic heterocycles. The molecule has 2 rings (SSSR count). The number of halogens is 1.